The van der Waals surface area contributed by atoms with Crippen molar-refractivity contribution < 1.29 is 9.32 Å². The molecule has 0 aliphatic carbocycles. The number of hydrogen-bond acceptors (Lipinski definition) is 6. The molecule has 0 saturated carbocycles. The summed E-state index contributed by atoms with van der Waals surface area (Å²) >= 11 is 0. The van der Waals surface area contributed by atoms with Crippen LogP contribution in [0.15, 0.2) is 16.9 Å². The van der Waals surface area contributed by atoms with Crippen LogP contribution >= 0.6 is 0 Å². The summed E-state index contributed by atoms with van der Waals surface area (Å²) in [6.07, 6.45) is 8.25. The molecule has 2 aromatic heterocycles. The average molecular weight is 346 g/mol. The number of nitrogens with one attached hydrogen (secondary N) is 1. The highest BCUT2D eigenvalue weighted by Crippen LogP contribution is 2.14. The number of piperidine rings is 1. The summed E-state index contributed by atoms with van der Waals surface area (Å²) in [4.78, 5) is 18.9. The van der Waals surface area contributed by atoms with E-state index in [0.29, 0.717) is 18.0 Å². The van der Waals surface area contributed by atoms with Crippen LogP contribution in [0.5, 0.6) is 0 Å². The van der Waals surface area contributed by atoms with Crippen molar-refractivity contribution in [3.63, 3.8) is 0 Å². The van der Waals surface area contributed by atoms with Crippen LogP contribution in [0.4, 0.5) is 0 Å². The fourth-order valence-electron chi connectivity index (χ4n) is 3.02. The summed E-state index contributed by atoms with van der Waals surface area (Å²) in [5, 5.41) is 11.2. The SMILES string of the molecule is CCCCc1noc(CN2CCC(NC(=O)c3cnn(C)c3)CC2)n1. The third-order valence-electron chi connectivity index (χ3n) is 4.51. The lowest BCUT2D eigenvalue weighted by Crippen LogP contribution is -2.44. The van der Waals surface area contributed by atoms with Gasteiger partial charge in [0.1, 0.15) is 0 Å². The van der Waals surface area contributed by atoms with Crippen LogP contribution in [0.3, 0.4) is 0 Å². The predicted molar refractivity (Wildman–Crippen MR) is 91.9 cm³/mol. The molecule has 0 bridgehead atoms. The number of likely N-dealkylation sites (tertiary alicyclic amines) is 1. The Hall–Kier alpha value is -2.22. The van der Waals surface area contributed by atoms with Gasteiger partial charge in [-0.05, 0) is 19.3 Å². The lowest BCUT2D eigenvalue weighted by atomic mass is 10.0. The van der Waals surface area contributed by atoms with E-state index in [4.69, 9.17) is 4.52 Å². The zero-order chi connectivity index (χ0) is 17.6. The molecule has 0 spiro atoms. The number of aryl methyl sites for hydroxylation is 2. The van der Waals surface area contributed by atoms with E-state index in [1.807, 2.05) is 0 Å². The molecule has 1 N–H and O–H groups in total. The van der Waals surface area contributed by atoms with Gasteiger partial charge in [-0.25, -0.2) is 0 Å². The molecule has 0 unspecified atom stereocenters. The van der Waals surface area contributed by atoms with Crippen LogP contribution in [0, 0.1) is 0 Å². The maximum Gasteiger partial charge on any atom is 0.254 e. The number of rotatable bonds is 7. The van der Waals surface area contributed by atoms with E-state index in [-0.39, 0.29) is 11.9 Å². The highest BCUT2D eigenvalue weighted by atomic mass is 16.5. The van der Waals surface area contributed by atoms with Crippen molar-refractivity contribution in [3.8, 4) is 0 Å². The summed E-state index contributed by atoms with van der Waals surface area (Å²) in [5.74, 6) is 1.43. The van der Waals surface area contributed by atoms with Crippen LogP contribution in [-0.2, 0) is 20.0 Å². The first-order valence-electron chi connectivity index (χ1n) is 8.97. The van der Waals surface area contributed by atoms with Gasteiger partial charge in [0.2, 0.25) is 5.89 Å². The lowest BCUT2D eigenvalue weighted by Gasteiger charge is -2.31. The molecule has 0 aromatic carbocycles. The lowest BCUT2D eigenvalue weighted by molar-refractivity contribution is 0.0904. The molecule has 25 heavy (non-hydrogen) atoms. The predicted octanol–water partition coefficient (Wildman–Crippen LogP) is 1.54. The van der Waals surface area contributed by atoms with Crippen molar-refractivity contribution in [2.24, 2.45) is 7.05 Å². The van der Waals surface area contributed by atoms with Crippen molar-refractivity contribution in [3.05, 3.63) is 29.7 Å². The maximum atomic E-state index is 12.2. The Bertz CT molecular complexity index is 687. The molecule has 1 aliphatic rings. The van der Waals surface area contributed by atoms with E-state index in [1.54, 1.807) is 24.1 Å². The van der Waals surface area contributed by atoms with E-state index in [1.165, 1.54) is 0 Å². The Labute approximate surface area is 147 Å². The van der Waals surface area contributed by atoms with Gasteiger partial charge in [-0.3, -0.25) is 14.4 Å². The fraction of sp³-hybridized carbons (Fsp3) is 0.647. The normalized spacial score (nSPS) is 16.2. The Morgan fingerprint density at radius 2 is 2.20 bits per heavy atom. The van der Waals surface area contributed by atoms with Crippen molar-refractivity contribution >= 4 is 5.91 Å². The third-order valence-corrected chi connectivity index (χ3v) is 4.51. The standard InChI is InChI=1S/C17H26N6O2/c1-3-4-5-15-20-16(25-21-15)12-23-8-6-14(7-9-23)19-17(24)13-10-18-22(2)11-13/h10-11,14H,3-9,12H2,1-2H3,(H,19,24). The summed E-state index contributed by atoms with van der Waals surface area (Å²) in [7, 11) is 1.81. The number of carbonyl (C=O) groups excluding carboxylic acids is 1. The molecule has 8 heteroatoms. The minimum absolute atomic E-state index is 0.0518. The fourth-order valence-corrected chi connectivity index (χ4v) is 3.02. The van der Waals surface area contributed by atoms with Gasteiger partial charge >= 0.3 is 0 Å². The molecule has 1 aliphatic heterocycles. The number of amides is 1. The molecule has 1 amide bonds. The van der Waals surface area contributed by atoms with Gasteiger partial charge in [0, 0.05) is 38.8 Å². The van der Waals surface area contributed by atoms with E-state index in [2.05, 4.69) is 32.4 Å². The molecule has 1 saturated heterocycles. The second-order valence-electron chi connectivity index (χ2n) is 6.63. The van der Waals surface area contributed by atoms with Gasteiger partial charge in [-0.1, -0.05) is 18.5 Å². The van der Waals surface area contributed by atoms with Crippen LogP contribution in [0.1, 0.15) is 54.7 Å². The minimum Gasteiger partial charge on any atom is -0.349 e. The summed E-state index contributed by atoms with van der Waals surface area (Å²) in [5.41, 5.74) is 0.607. The third kappa shape index (κ3) is 4.88. The molecule has 136 valence electrons. The Morgan fingerprint density at radius 3 is 2.88 bits per heavy atom. The Kier molecular flexibility index (Phi) is 5.80. The van der Waals surface area contributed by atoms with Gasteiger partial charge in [0.25, 0.3) is 5.91 Å². The van der Waals surface area contributed by atoms with E-state index < -0.39 is 0 Å². The van der Waals surface area contributed by atoms with Crippen LogP contribution in [0.25, 0.3) is 0 Å². The van der Waals surface area contributed by atoms with Gasteiger partial charge in [0.05, 0.1) is 18.3 Å². The highest BCUT2D eigenvalue weighted by Gasteiger charge is 2.23. The minimum atomic E-state index is -0.0518. The monoisotopic (exact) mass is 346 g/mol. The number of nitrogens with zero attached hydrogens (tertiary/aromatic N) is 5. The second kappa shape index (κ2) is 8.24. The molecule has 0 atom stereocenters. The molecule has 2 aromatic rings. The highest BCUT2D eigenvalue weighted by molar-refractivity contribution is 5.93. The zero-order valence-electron chi connectivity index (χ0n) is 14.9. The molecule has 3 heterocycles. The quantitative estimate of drug-likeness (QED) is 0.818. The summed E-state index contributed by atoms with van der Waals surface area (Å²) in [6, 6.07) is 0.201. The van der Waals surface area contributed by atoms with Crippen molar-refractivity contribution in [1.82, 2.24) is 30.1 Å². The second-order valence-corrected chi connectivity index (χ2v) is 6.63. The van der Waals surface area contributed by atoms with Crippen LogP contribution in [-0.4, -0.2) is 49.9 Å². The summed E-state index contributed by atoms with van der Waals surface area (Å²) in [6.45, 7) is 4.65. The van der Waals surface area contributed by atoms with E-state index in [9.17, 15) is 4.79 Å². The van der Waals surface area contributed by atoms with E-state index in [0.717, 1.165) is 51.0 Å². The number of carbonyl (C=O) groups is 1. The largest absolute Gasteiger partial charge is 0.349 e. The smallest absolute Gasteiger partial charge is 0.254 e. The number of aromatic nitrogens is 4. The molecule has 3 rings (SSSR count). The summed E-state index contributed by atoms with van der Waals surface area (Å²) < 4.78 is 6.97. The van der Waals surface area contributed by atoms with Crippen LogP contribution < -0.4 is 5.32 Å². The van der Waals surface area contributed by atoms with Crippen LogP contribution in [0.2, 0.25) is 0 Å². The van der Waals surface area contributed by atoms with Gasteiger partial charge in [-0.2, -0.15) is 10.1 Å². The van der Waals surface area contributed by atoms with E-state index >= 15 is 0 Å². The van der Waals surface area contributed by atoms with Crippen molar-refractivity contribution in [2.45, 2.75) is 51.6 Å². The first kappa shape index (κ1) is 17.6. The average Bonchev–Trinajstić information content (AvgIpc) is 3.24. The maximum absolute atomic E-state index is 12.2. The first-order chi connectivity index (χ1) is 12.1. The molecule has 8 nitrogen and oxygen atoms in total. The zero-order valence-corrected chi connectivity index (χ0v) is 14.9. The van der Waals surface area contributed by atoms with Gasteiger partial charge in [-0.15, -0.1) is 0 Å². The van der Waals surface area contributed by atoms with Gasteiger partial charge in [0.15, 0.2) is 5.82 Å². The first-order valence-corrected chi connectivity index (χ1v) is 8.97. The number of unbranched alkanes of at least 4 members (excludes halogenated alkanes) is 1. The topological polar surface area (TPSA) is 89.1 Å². The molecule has 1 fully saturated rings. The molecular weight excluding hydrogens is 320 g/mol. The van der Waals surface area contributed by atoms with Crippen molar-refractivity contribution in [2.75, 3.05) is 13.1 Å². The molecular formula is C17H26N6O2. The van der Waals surface area contributed by atoms with Gasteiger partial charge < -0.3 is 9.84 Å². The molecule has 0 radical (unpaired) electrons. The Balaban J connectivity index is 1.42. The van der Waals surface area contributed by atoms with Crippen molar-refractivity contribution in [1.29, 1.82) is 0 Å². The number of hydrogen-bond donors (Lipinski definition) is 1. The Morgan fingerprint density at radius 1 is 1.40 bits per heavy atom.